The number of carbonyl (C=O) groups excluding carboxylic acids is 1. The molecule has 1 N–H and O–H groups in total. The molecule has 2 heterocycles. The Balaban J connectivity index is 0.00000242. The van der Waals surface area contributed by atoms with Crippen LogP contribution in [0.15, 0.2) is 35.0 Å². The molecule has 0 spiro atoms. The number of nitrogens with zero attached hydrogens (tertiary/aromatic N) is 1. The lowest BCUT2D eigenvalue weighted by Crippen LogP contribution is -2.38. The van der Waals surface area contributed by atoms with Crippen molar-refractivity contribution in [3.63, 3.8) is 0 Å². The molecular formula is C15H21ClN2O2S2. The Kier molecular flexibility index (Phi) is 9.34. The molecule has 0 aliphatic heterocycles. The summed E-state index contributed by atoms with van der Waals surface area (Å²) in [5.74, 6) is 0.118. The van der Waals surface area contributed by atoms with Gasteiger partial charge in [-0.3, -0.25) is 4.79 Å². The van der Waals surface area contributed by atoms with Gasteiger partial charge < -0.3 is 15.0 Å². The van der Waals surface area contributed by atoms with Gasteiger partial charge in [-0.05, 0) is 22.9 Å². The SMILES string of the molecule is COCCNCC(=O)N(Cc1cccs1)Cc1cccs1.Cl. The van der Waals surface area contributed by atoms with E-state index in [9.17, 15) is 4.79 Å². The highest BCUT2D eigenvalue weighted by molar-refractivity contribution is 7.10. The number of hydrogen-bond donors (Lipinski definition) is 1. The van der Waals surface area contributed by atoms with E-state index in [0.717, 1.165) is 0 Å². The van der Waals surface area contributed by atoms with Crippen molar-refractivity contribution in [2.45, 2.75) is 13.1 Å². The van der Waals surface area contributed by atoms with Crippen LogP contribution in [0.1, 0.15) is 9.75 Å². The molecule has 0 unspecified atom stereocenters. The van der Waals surface area contributed by atoms with Crippen molar-refractivity contribution >= 4 is 41.0 Å². The Hall–Kier alpha value is -0.920. The highest BCUT2D eigenvalue weighted by atomic mass is 35.5. The van der Waals surface area contributed by atoms with Gasteiger partial charge in [0.15, 0.2) is 0 Å². The summed E-state index contributed by atoms with van der Waals surface area (Å²) in [5, 5.41) is 7.20. The van der Waals surface area contributed by atoms with E-state index in [1.807, 2.05) is 27.8 Å². The Labute approximate surface area is 145 Å². The summed E-state index contributed by atoms with van der Waals surface area (Å²) in [7, 11) is 1.66. The third kappa shape index (κ3) is 6.46. The molecule has 0 saturated heterocycles. The fraction of sp³-hybridized carbons (Fsp3) is 0.400. The van der Waals surface area contributed by atoms with Gasteiger partial charge in [-0.1, -0.05) is 12.1 Å². The van der Waals surface area contributed by atoms with Crippen molar-refractivity contribution in [1.29, 1.82) is 0 Å². The van der Waals surface area contributed by atoms with Crippen molar-refractivity contribution in [1.82, 2.24) is 10.2 Å². The minimum Gasteiger partial charge on any atom is -0.383 e. The van der Waals surface area contributed by atoms with E-state index in [2.05, 4.69) is 17.4 Å². The van der Waals surface area contributed by atoms with Gasteiger partial charge in [-0.15, -0.1) is 35.1 Å². The molecule has 22 heavy (non-hydrogen) atoms. The first-order valence-electron chi connectivity index (χ1n) is 6.82. The molecule has 7 heteroatoms. The predicted molar refractivity (Wildman–Crippen MR) is 94.9 cm³/mol. The van der Waals surface area contributed by atoms with Gasteiger partial charge in [-0.2, -0.15) is 0 Å². The molecule has 0 radical (unpaired) electrons. The first kappa shape index (κ1) is 19.1. The van der Waals surface area contributed by atoms with Crippen LogP contribution in [0, 0.1) is 0 Å². The van der Waals surface area contributed by atoms with Crippen LogP contribution in [0.3, 0.4) is 0 Å². The number of rotatable bonds is 9. The Morgan fingerprint density at radius 3 is 2.23 bits per heavy atom. The lowest BCUT2D eigenvalue weighted by molar-refractivity contribution is -0.131. The third-order valence-corrected chi connectivity index (χ3v) is 4.69. The summed E-state index contributed by atoms with van der Waals surface area (Å²) < 4.78 is 4.97. The topological polar surface area (TPSA) is 41.6 Å². The van der Waals surface area contributed by atoms with Gasteiger partial charge in [0.05, 0.1) is 26.2 Å². The molecule has 0 bridgehead atoms. The average Bonchev–Trinajstić information content (AvgIpc) is 3.16. The molecule has 1 amide bonds. The maximum absolute atomic E-state index is 12.4. The van der Waals surface area contributed by atoms with Gasteiger partial charge in [0.2, 0.25) is 5.91 Å². The molecule has 0 aliphatic rings. The van der Waals surface area contributed by atoms with Crippen molar-refractivity contribution in [2.24, 2.45) is 0 Å². The molecular weight excluding hydrogens is 340 g/mol. The van der Waals surface area contributed by atoms with E-state index < -0.39 is 0 Å². The molecule has 2 aromatic rings. The summed E-state index contributed by atoms with van der Waals surface area (Å²) in [6.45, 7) is 2.98. The number of hydrogen-bond acceptors (Lipinski definition) is 5. The van der Waals surface area contributed by atoms with E-state index in [4.69, 9.17) is 4.74 Å². The van der Waals surface area contributed by atoms with E-state index in [-0.39, 0.29) is 18.3 Å². The number of amides is 1. The van der Waals surface area contributed by atoms with Gasteiger partial charge in [-0.25, -0.2) is 0 Å². The number of methoxy groups -OCH3 is 1. The zero-order valence-electron chi connectivity index (χ0n) is 12.5. The third-order valence-electron chi connectivity index (χ3n) is 2.97. The molecule has 0 aromatic carbocycles. The highest BCUT2D eigenvalue weighted by Crippen LogP contribution is 2.17. The molecule has 0 fully saturated rings. The van der Waals surface area contributed by atoms with Crippen LogP contribution in [0.4, 0.5) is 0 Å². The standard InChI is InChI=1S/C15H20N2O2S2.ClH/c1-19-7-6-16-10-15(18)17(11-13-4-2-8-20-13)12-14-5-3-9-21-14;/h2-5,8-9,16H,6-7,10-12H2,1H3;1H. The van der Waals surface area contributed by atoms with Crippen molar-refractivity contribution in [2.75, 3.05) is 26.8 Å². The molecule has 0 atom stereocenters. The normalized spacial score (nSPS) is 10.2. The molecule has 2 aromatic heterocycles. The lowest BCUT2D eigenvalue weighted by Gasteiger charge is -2.22. The fourth-order valence-electron chi connectivity index (χ4n) is 1.89. The van der Waals surface area contributed by atoms with E-state index in [1.54, 1.807) is 29.8 Å². The maximum Gasteiger partial charge on any atom is 0.237 e. The van der Waals surface area contributed by atoms with Crippen LogP contribution < -0.4 is 5.32 Å². The molecule has 0 aliphatic carbocycles. The second-order valence-corrected chi connectivity index (χ2v) is 6.64. The smallest absolute Gasteiger partial charge is 0.237 e. The van der Waals surface area contributed by atoms with E-state index in [0.29, 0.717) is 32.8 Å². The van der Waals surface area contributed by atoms with Crippen LogP contribution in [-0.4, -0.2) is 37.6 Å². The minimum absolute atomic E-state index is 0. The Morgan fingerprint density at radius 2 is 1.77 bits per heavy atom. The van der Waals surface area contributed by atoms with Crippen LogP contribution in [-0.2, 0) is 22.6 Å². The van der Waals surface area contributed by atoms with Crippen LogP contribution in [0.2, 0.25) is 0 Å². The first-order valence-corrected chi connectivity index (χ1v) is 8.57. The van der Waals surface area contributed by atoms with Crippen molar-refractivity contribution < 1.29 is 9.53 Å². The number of ether oxygens (including phenoxy) is 1. The zero-order valence-corrected chi connectivity index (χ0v) is 14.9. The minimum atomic E-state index is 0. The van der Waals surface area contributed by atoms with Crippen LogP contribution >= 0.6 is 35.1 Å². The number of nitrogens with one attached hydrogen (secondary N) is 1. The van der Waals surface area contributed by atoms with Gasteiger partial charge in [0, 0.05) is 23.4 Å². The van der Waals surface area contributed by atoms with Gasteiger partial charge in [0.25, 0.3) is 0 Å². The maximum atomic E-state index is 12.4. The van der Waals surface area contributed by atoms with Gasteiger partial charge in [0.1, 0.15) is 0 Å². The van der Waals surface area contributed by atoms with E-state index >= 15 is 0 Å². The second-order valence-electron chi connectivity index (χ2n) is 4.58. The summed E-state index contributed by atoms with van der Waals surface area (Å²) in [4.78, 5) is 16.7. The van der Waals surface area contributed by atoms with Gasteiger partial charge >= 0.3 is 0 Å². The molecule has 4 nitrogen and oxygen atoms in total. The largest absolute Gasteiger partial charge is 0.383 e. The monoisotopic (exact) mass is 360 g/mol. The number of thiophene rings is 2. The highest BCUT2D eigenvalue weighted by Gasteiger charge is 2.15. The Bertz CT molecular complexity index is 481. The first-order chi connectivity index (χ1) is 10.3. The van der Waals surface area contributed by atoms with Crippen LogP contribution in [0.5, 0.6) is 0 Å². The number of halogens is 1. The zero-order chi connectivity index (χ0) is 14.9. The summed E-state index contributed by atoms with van der Waals surface area (Å²) in [6.07, 6.45) is 0. The quantitative estimate of drug-likeness (QED) is 0.699. The van der Waals surface area contributed by atoms with E-state index in [1.165, 1.54) is 9.75 Å². The lowest BCUT2D eigenvalue weighted by atomic mass is 10.3. The fourth-order valence-corrected chi connectivity index (χ4v) is 3.33. The summed E-state index contributed by atoms with van der Waals surface area (Å²) in [5.41, 5.74) is 0. The molecule has 122 valence electrons. The molecule has 2 rings (SSSR count). The predicted octanol–water partition coefficient (Wildman–Crippen LogP) is 3.00. The summed E-state index contributed by atoms with van der Waals surface area (Å²) in [6, 6.07) is 8.17. The second kappa shape index (κ2) is 10.7. The van der Waals surface area contributed by atoms with Crippen molar-refractivity contribution in [3.05, 3.63) is 44.8 Å². The Morgan fingerprint density at radius 1 is 1.18 bits per heavy atom. The average molecular weight is 361 g/mol. The summed E-state index contributed by atoms with van der Waals surface area (Å²) >= 11 is 3.36. The van der Waals surface area contributed by atoms with Crippen molar-refractivity contribution in [3.8, 4) is 0 Å². The molecule has 0 saturated carbocycles. The van der Waals surface area contributed by atoms with Crippen LogP contribution in [0.25, 0.3) is 0 Å². The number of carbonyl (C=O) groups is 1.